The predicted octanol–water partition coefficient (Wildman–Crippen LogP) is 2.50. The predicted molar refractivity (Wildman–Crippen MR) is 90.6 cm³/mol. The fourth-order valence-corrected chi connectivity index (χ4v) is 3.51. The van der Waals surface area contributed by atoms with Crippen molar-refractivity contribution in [1.29, 1.82) is 0 Å². The fourth-order valence-electron chi connectivity index (χ4n) is 2.74. The van der Waals surface area contributed by atoms with Crippen LogP contribution in [0.3, 0.4) is 0 Å². The highest BCUT2D eigenvalue weighted by Crippen LogP contribution is 2.32. The molecule has 0 saturated carbocycles. The monoisotopic (exact) mass is 331 g/mol. The van der Waals surface area contributed by atoms with Crippen molar-refractivity contribution in [2.24, 2.45) is 0 Å². The quantitative estimate of drug-likeness (QED) is 0.911. The van der Waals surface area contributed by atoms with E-state index in [1.165, 1.54) is 0 Å². The summed E-state index contributed by atoms with van der Waals surface area (Å²) < 4.78 is 0. The Morgan fingerprint density at radius 1 is 1.39 bits per heavy atom. The van der Waals surface area contributed by atoms with Crippen LogP contribution < -0.4 is 5.32 Å². The summed E-state index contributed by atoms with van der Waals surface area (Å²) in [5.41, 5.74) is 1.99. The standard InChI is InChI=1S/C16H21N5OS/c1-10-9-23-16(18-10)4-6-17-15-8-13(19-11(2)20-15)14-5-7-21(14)12(3)22/h8-9,14H,4-7H2,1-3H3,(H,17,19,20)/t14-/m0/s1. The first-order valence-corrected chi connectivity index (χ1v) is 8.68. The molecule has 0 aliphatic carbocycles. The molecule has 1 aliphatic heterocycles. The van der Waals surface area contributed by atoms with Crippen LogP contribution >= 0.6 is 11.3 Å². The SMILES string of the molecule is CC(=O)N1CC[C@H]1c1cc(NCCc2nc(C)cs2)nc(C)n1. The zero-order valence-electron chi connectivity index (χ0n) is 13.7. The van der Waals surface area contributed by atoms with Crippen LogP contribution in [-0.2, 0) is 11.2 Å². The lowest BCUT2D eigenvalue weighted by molar-refractivity contribution is -0.136. The van der Waals surface area contributed by atoms with E-state index in [1.54, 1.807) is 18.3 Å². The van der Waals surface area contributed by atoms with Gasteiger partial charge in [0.05, 0.1) is 16.7 Å². The molecule has 7 heteroatoms. The smallest absolute Gasteiger partial charge is 0.220 e. The Hall–Kier alpha value is -2.02. The number of rotatable bonds is 5. The molecule has 2 aromatic rings. The second kappa shape index (κ2) is 6.62. The number of anilines is 1. The molecular formula is C16H21N5OS. The highest BCUT2D eigenvalue weighted by Gasteiger charge is 2.32. The van der Waals surface area contributed by atoms with Crippen molar-refractivity contribution in [3.8, 4) is 0 Å². The minimum absolute atomic E-state index is 0.0939. The summed E-state index contributed by atoms with van der Waals surface area (Å²) in [5.74, 6) is 1.65. The number of nitrogens with one attached hydrogen (secondary N) is 1. The van der Waals surface area contributed by atoms with Gasteiger partial charge in [-0.3, -0.25) is 4.79 Å². The molecule has 1 aliphatic rings. The number of nitrogens with zero attached hydrogens (tertiary/aromatic N) is 4. The molecule has 1 saturated heterocycles. The summed E-state index contributed by atoms with van der Waals surface area (Å²) in [4.78, 5) is 26.8. The Morgan fingerprint density at radius 2 is 2.22 bits per heavy atom. The third-order valence-corrected chi connectivity index (χ3v) is 4.96. The molecule has 3 heterocycles. The summed E-state index contributed by atoms with van der Waals surface area (Å²) in [6, 6.07) is 2.05. The first kappa shape index (κ1) is 15.9. The fraction of sp³-hybridized carbons (Fsp3) is 0.500. The van der Waals surface area contributed by atoms with E-state index in [9.17, 15) is 4.79 Å². The van der Waals surface area contributed by atoms with Gasteiger partial charge in [-0.2, -0.15) is 0 Å². The van der Waals surface area contributed by atoms with Crippen LogP contribution in [0.2, 0.25) is 0 Å². The van der Waals surface area contributed by atoms with Crippen molar-refractivity contribution in [2.45, 2.75) is 39.7 Å². The van der Waals surface area contributed by atoms with Crippen LogP contribution in [0.5, 0.6) is 0 Å². The zero-order chi connectivity index (χ0) is 16.4. The molecule has 122 valence electrons. The molecule has 3 rings (SSSR count). The Morgan fingerprint density at radius 3 is 2.83 bits per heavy atom. The number of carbonyl (C=O) groups excluding carboxylic acids is 1. The van der Waals surface area contributed by atoms with E-state index >= 15 is 0 Å². The van der Waals surface area contributed by atoms with Gasteiger partial charge in [0.2, 0.25) is 5.91 Å². The third-order valence-electron chi connectivity index (χ3n) is 3.93. The maximum atomic E-state index is 11.6. The number of carbonyl (C=O) groups is 1. The second-order valence-electron chi connectivity index (χ2n) is 5.80. The Balaban J connectivity index is 1.64. The lowest BCUT2D eigenvalue weighted by Crippen LogP contribution is -2.44. The van der Waals surface area contributed by atoms with Gasteiger partial charge in [-0.15, -0.1) is 11.3 Å². The van der Waals surface area contributed by atoms with Crippen LogP contribution in [0.4, 0.5) is 5.82 Å². The van der Waals surface area contributed by atoms with E-state index < -0.39 is 0 Å². The first-order chi connectivity index (χ1) is 11.0. The highest BCUT2D eigenvalue weighted by molar-refractivity contribution is 7.09. The Bertz CT molecular complexity index is 714. The van der Waals surface area contributed by atoms with E-state index in [1.807, 2.05) is 24.8 Å². The maximum absolute atomic E-state index is 11.6. The molecule has 1 atom stereocenters. The minimum atomic E-state index is 0.0939. The van der Waals surface area contributed by atoms with Gasteiger partial charge in [0.1, 0.15) is 11.6 Å². The van der Waals surface area contributed by atoms with E-state index in [0.29, 0.717) is 0 Å². The molecular weight excluding hydrogens is 310 g/mol. The summed E-state index contributed by atoms with van der Waals surface area (Å²) in [7, 11) is 0. The number of aryl methyl sites for hydroxylation is 2. The van der Waals surface area contributed by atoms with Gasteiger partial charge in [-0.05, 0) is 20.3 Å². The number of thiazole rings is 1. The average molecular weight is 331 g/mol. The van der Waals surface area contributed by atoms with Crippen LogP contribution in [0.1, 0.15) is 41.6 Å². The molecule has 0 radical (unpaired) electrons. The molecule has 1 fully saturated rings. The van der Waals surface area contributed by atoms with Gasteiger partial charge in [0.25, 0.3) is 0 Å². The molecule has 6 nitrogen and oxygen atoms in total. The van der Waals surface area contributed by atoms with Gasteiger partial charge in [-0.25, -0.2) is 15.0 Å². The topological polar surface area (TPSA) is 71.0 Å². The second-order valence-corrected chi connectivity index (χ2v) is 6.74. The lowest BCUT2D eigenvalue weighted by Gasteiger charge is -2.40. The molecule has 0 bridgehead atoms. The molecule has 23 heavy (non-hydrogen) atoms. The van der Waals surface area contributed by atoms with Gasteiger partial charge < -0.3 is 10.2 Å². The van der Waals surface area contributed by atoms with Crippen molar-refractivity contribution >= 4 is 23.1 Å². The molecule has 0 unspecified atom stereocenters. The molecule has 2 aromatic heterocycles. The Labute approximate surface area is 140 Å². The zero-order valence-corrected chi connectivity index (χ0v) is 14.5. The Kier molecular flexibility index (Phi) is 4.56. The van der Waals surface area contributed by atoms with Gasteiger partial charge in [0, 0.05) is 43.6 Å². The number of aromatic nitrogens is 3. The normalized spacial score (nSPS) is 17.0. The number of hydrogen-bond donors (Lipinski definition) is 1. The van der Waals surface area contributed by atoms with Crippen molar-refractivity contribution in [1.82, 2.24) is 19.9 Å². The van der Waals surface area contributed by atoms with Crippen LogP contribution in [-0.4, -0.2) is 38.8 Å². The van der Waals surface area contributed by atoms with E-state index in [0.717, 1.165) is 54.0 Å². The summed E-state index contributed by atoms with van der Waals surface area (Å²) in [6.07, 6.45) is 1.84. The van der Waals surface area contributed by atoms with Gasteiger partial charge >= 0.3 is 0 Å². The van der Waals surface area contributed by atoms with Gasteiger partial charge in [0.15, 0.2) is 0 Å². The lowest BCUT2D eigenvalue weighted by atomic mass is 9.99. The number of likely N-dealkylation sites (tertiary alicyclic amines) is 1. The summed E-state index contributed by atoms with van der Waals surface area (Å²) in [5, 5.41) is 6.54. The van der Waals surface area contributed by atoms with Crippen molar-refractivity contribution in [3.05, 3.63) is 33.7 Å². The minimum Gasteiger partial charge on any atom is -0.370 e. The third kappa shape index (κ3) is 3.67. The maximum Gasteiger partial charge on any atom is 0.220 e. The van der Waals surface area contributed by atoms with Crippen LogP contribution in [0.15, 0.2) is 11.4 Å². The summed E-state index contributed by atoms with van der Waals surface area (Å²) in [6.45, 7) is 7.09. The summed E-state index contributed by atoms with van der Waals surface area (Å²) >= 11 is 1.68. The largest absolute Gasteiger partial charge is 0.370 e. The van der Waals surface area contributed by atoms with Crippen molar-refractivity contribution in [3.63, 3.8) is 0 Å². The average Bonchev–Trinajstić information content (AvgIpc) is 2.82. The first-order valence-electron chi connectivity index (χ1n) is 7.80. The van der Waals surface area contributed by atoms with Crippen molar-refractivity contribution in [2.75, 3.05) is 18.4 Å². The van der Waals surface area contributed by atoms with Crippen LogP contribution in [0, 0.1) is 13.8 Å². The number of amides is 1. The van der Waals surface area contributed by atoms with Crippen LogP contribution in [0.25, 0.3) is 0 Å². The van der Waals surface area contributed by atoms with E-state index in [4.69, 9.17) is 0 Å². The molecule has 0 aromatic carbocycles. The number of hydrogen-bond acceptors (Lipinski definition) is 6. The van der Waals surface area contributed by atoms with Crippen molar-refractivity contribution < 1.29 is 4.79 Å². The van der Waals surface area contributed by atoms with E-state index in [2.05, 4.69) is 25.6 Å². The van der Waals surface area contributed by atoms with Gasteiger partial charge in [-0.1, -0.05) is 0 Å². The molecule has 1 amide bonds. The molecule has 0 spiro atoms. The van der Waals surface area contributed by atoms with E-state index in [-0.39, 0.29) is 11.9 Å². The highest BCUT2D eigenvalue weighted by atomic mass is 32.1. The molecule has 1 N–H and O–H groups in total.